The molecule has 0 bridgehead atoms. The lowest BCUT2D eigenvalue weighted by molar-refractivity contribution is -0.130. The molecule has 2 atom stereocenters. The summed E-state index contributed by atoms with van der Waals surface area (Å²) < 4.78 is 18.6. The number of aliphatic imine (C=N–C) groups is 1. The summed E-state index contributed by atoms with van der Waals surface area (Å²) in [5.74, 6) is 1.27. The van der Waals surface area contributed by atoms with Crippen LogP contribution in [0.15, 0.2) is 112 Å². The molecule has 0 unspecified atom stereocenters. The highest BCUT2D eigenvalue weighted by Crippen LogP contribution is 2.44. The van der Waals surface area contributed by atoms with Crippen molar-refractivity contribution >= 4 is 33.4 Å². The summed E-state index contributed by atoms with van der Waals surface area (Å²) in [5.41, 5.74) is 17.2. The minimum absolute atomic E-state index is 0.0441. The number of rotatable bonds is 15. The molecule has 0 saturated carbocycles. The molecule has 4 aromatic carbocycles. The number of benzene rings is 4. The summed E-state index contributed by atoms with van der Waals surface area (Å²) in [5, 5.41) is 13.0. The number of nitrogens with zero attached hydrogens (tertiary/aromatic N) is 4. The Morgan fingerprint density at radius 2 is 1.77 bits per heavy atom. The second kappa shape index (κ2) is 16.1. The van der Waals surface area contributed by atoms with Crippen LogP contribution < -0.4 is 20.3 Å². The molecular formula is C35H35BrN6O5. The number of methoxy groups -OCH3 is 1. The lowest BCUT2D eigenvalue weighted by Gasteiger charge is -2.31. The van der Waals surface area contributed by atoms with Crippen molar-refractivity contribution < 1.29 is 24.1 Å². The highest BCUT2D eigenvalue weighted by Gasteiger charge is 2.53. The normalized spacial score (nSPS) is 16.8. The first-order chi connectivity index (χ1) is 23.0. The van der Waals surface area contributed by atoms with Crippen molar-refractivity contribution in [1.82, 2.24) is 10.9 Å². The number of nitrogens with one attached hydrogen (secondary N) is 2. The SMILES string of the molecule is COc1ccccc1CCNNC(=O)[C@@]1(Cc2ccccc2N=[N+]=[N-])N=C(c2ccc(OCCCO)cc2)O[C@H]1c1ccc(Br)cc1. The van der Waals surface area contributed by atoms with Crippen molar-refractivity contribution in [3.63, 3.8) is 0 Å². The average Bonchev–Trinajstić information content (AvgIpc) is 3.49. The first kappa shape index (κ1) is 33.5. The van der Waals surface area contributed by atoms with E-state index in [1.807, 2.05) is 72.8 Å². The summed E-state index contributed by atoms with van der Waals surface area (Å²) in [6, 6.07) is 29.6. The van der Waals surface area contributed by atoms with Gasteiger partial charge >= 0.3 is 0 Å². The van der Waals surface area contributed by atoms with E-state index in [1.165, 1.54) is 0 Å². The zero-order chi connectivity index (χ0) is 33.1. The molecule has 47 heavy (non-hydrogen) atoms. The second-order valence-electron chi connectivity index (χ2n) is 10.8. The Hall–Kier alpha value is -4.87. The standard InChI is InChI=1S/C35H35BrN6O5/c1-45-31-10-5-3-7-24(31)19-20-38-41-34(44)35(23-27-8-2-4-9-30(27)40-42-37)32(25-11-15-28(36)16-12-25)47-33(39-35)26-13-17-29(18-14-26)46-22-6-21-43/h2-5,7-18,32,38,43H,6,19-23H2,1H3,(H,41,44)/t32-,35-/m0/s1. The third-order valence-corrected chi connectivity index (χ3v) is 8.25. The van der Waals surface area contributed by atoms with Gasteiger partial charge in [-0.15, -0.1) is 0 Å². The number of aliphatic hydroxyl groups excluding tert-OH is 1. The summed E-state index contributed by atoms with van der Waals surface area (Å²) >= 11 is 3.50. The van der Waals surface area contributed by atoms with E-state index in [0.29, 0.717) is 48.6 Å². The number of carbonyl (C=O) groups is 1. The first-order valence-electron chi connectivity index (χ1n) is 15.1. The first-order valence-corrected chi connectivity index (χ1v) is 15.9. The van der Waals surface area contributed by atoms with E-state index in [4.69, 9.17) is 24.3 Å². The van der Waals surface area contributed by atoms with Crippen LogP contribution in [0.2, 0.25) is 0 Å². The summed E-state index contributed by atoms with van der Waals surface area (Å²) in [4.78, 5) is 22.5. The number of azide groups is 1. The fraction of sp³-hybridized carbons (Fsp3) is 0.257. The highest BCUT2D eigenvalue weighted by atomic mass is 79.9. The van der Waals surface area contributed by atoms with Crippen LogP contribution in [-0.2, 0) is 22.4 Å². The van der Waals surface area contributed by atoms with Gasteiger partial charge in [-0.2, -0.15) is 0 Å². The Kier molecular flexibility index (Phi) is 11.5. The van der Waals surface area contributed by atoms with Crippen LogP contribution in [0, 0.1) is 0 Å². The van der Waals surface area contributed by atoms with Gasteiger partial charge in [0.15, 0.2) is 11.6 Å². The minimum atomic E-state index is -1.50. The van der Waals surface area contributed by atoms with Gasteiger partial charge in [-0.1, -0.05) is 75.6 Å². The number of hydrogen-bond donors (Lipinski definition) is 3. The van der Waals surface area contributed by atoms with E-state index in [9.17, 15) is 10.3 Å². The molecule has 1 aliphatic rings. The van der Waals surface area contributed by atoms with Crippen molar-refractivity contribution in [2.75, 3.05) is 26.9 Å². The Labute approximate surface area is 281 Å². The number of hydrazine groups is 1. The maximum absolute atomic E-state index is 14.5. The lowest BCUT2D eigenvalue weighted by Crippen LogP contribution is -2.54. The van der Waals surface area contributed by atoms with E-state index in [-0.39, 0.29) is 18.9 Å². The number of halogens is 1. The highest BCUT2D eigenvalue weighted by molar-refractivity contribution is 9.10. The lowest BCUT2D eigenvalue weighted by atomic mass is 9.81. The Balaban J connectivity index is 1.51. The van der Waals surface area contributed by atoms with Gasteiger partial charge in [-0.05, 0) is 71.1 Å². The van der Waals surface area contributed by atoms with Gasteiger partial charge in [0.1, 0.15) is 11.5 Å². The Morgan fingerprint density at radius 1 is 1.04 bits per heavy atom. The van der Waals surface area contributed by atoms with Gasteiger partial charge in [0.2, 0.25) is 5.90 Å². The van der Waals surface area contributed by atoms with E-state index in [0.717, 1.165) is 21.3 Å². The van der Waals surface area contributed by atoms with Crippen molar-refractivity contribution in [2.45, 2.75) is 30.9 Å². The van der Waals surface area contributed by atoms with E-state index in [1.54, 1.807) is 31.4 Å². The summed E-state index contributed by atoms with van der Waals surface area (Å²) in [7, 11) is 1.63. The minimum Gasteiger partial charge on any atom is -0.496 e. The fourth-order valence-corrected chi connectivity index (χ4v) is 5.64. The molecular weight excluding hydrogens is 664 g/mol. The fourth-order valence-electron chi connectivity index (χ4n) is 5.37. The summed E-state index contributed by atoms with van der Waals surface area (Å²) in [6.07, 6.45) is 0.370. The van der Waals surface area contributed by atoms with Crippen LogP contribution in [0.4, 0.5) is 5.69 Å². The molecule has 242 valence electrons. The molecule has 1 heterocycles. The third-order valence-electron chi connectivity index (χ3n) is 7.72. The predicted octanol–water partition coefficient (Wildman–Crippen LogP) is 6.52. The topological polar surface area (TPSA) is 150 Å². The predicted molar refractivity (Wildman–Crippen MR) is 183 cm³/mol. The molecule has 0 aliphatic carbocycles. The Bertz CT molecular complexity index is 1740. The molecule has 11 nitrogen and oxygen atoms in total. The van der Waals surface area contributed by atoms with Gasteiger partial charge in [0.05, 0.1) is 13.7 Å². The van der Waals surface area contributed by atoms with E-state index in [2.05, 4.69) is 36.8 Å². The third kappa shape index (κ3) is 8.11. The molecule has 1 aliphatic heterocycles. The molecule has 0 fully saturated rings. The number of para-hydroxylation sites is 1. The van der Waals surface area contributed by atoms with Crippen molar-refractivity contribution in [3.05, 3.63) is 134 Å². The van der Waals surface area contributed by atoms with Crippen molar-refractivity contribution in [3.8, 4) is 11.5 Å². The van der Waals surface area contributed by atoms with Crippen molar-refractivity contribution in [2.24, 2.45) is 10.1 Å². The van der Waals surface area contributed by atoms with E-state index < -0.39 is 17.6 Å². The molecule has 3 N–H and O–H groups in total. The molecule has 0 spiro atoms. The second-order valence-corrected chi connectivity index (χ2v) is 11.7. The van der Waals surface area contributed by atoms with Gasteiger partial charge in [-0.3, -0.25) is 10.2 Å². The van der Waals surface area contributed by atoms with Gasteiger partial charge < -0.3 is 19.3 Å². The monoisotopic (exact) mass is 698 g/mol. The molecule has 0 saturated heterocycles. The Morgan fingerprint density at radius 3 is 2.49 bits per heavy atom. The smallest absolute Gasteiger partial charge is 0.266 e. The molecule has 5 rings (SSSR count). The number of ether oxygens (including phenoxy) is 3. The zero-order valence-electron chi connectivity index (χ0n) is 25.8. The number of hydrogen-bond acceptors (Lipinski definition) is 8. The van der Waals surface area contributed by atoms with E-state index >= 15 is 0 Å². The van der Waals surface area contributed by atoms with Crippen LogP contribution in [0.3, 0.4) is 0 Å². The van der Waals surface area contributed by atoms with Crippen LogP contribution in [0.1, 0.15) is 34.8 Å². The average molecular weight is 700 g/mol. The number of carbonyl (C=O) groups excluding carboxylic acids is 1. The maximum Gasteiger partial charge on any atom is 0.266 e. The molecule has 4 aromatic rings. The zero-order valence-corrected chi connectivity index (χ0v) is 27.4. The van der Waals surface area contributed by atoms with Gasteiger partial charge in [0, 0.05) is 46.6 Å². The summed E-state index contributed by atoms with van der Waals surface area (Å²) in [6.45, 7) is 0.856. The quantitative estimate of drug-likeness (QED) is 0.0423. The largest absolute Gasteiger partial charge is 0.496 e. The molecule has 1 amide bonds. The molecule has 0 aromatic heterocycles. The van der Waals surface area contributed by atoms with Crippen LogP contribution in [-0.4, -0.2) is 49.3 Å². The number of aliphatic hydroxyl groups is 1. The van der Waals surface area contributed by atoms with Crippen LogP contribution in [0.25, 0.3) is 10.4 Å². The van der Waals surface area contributed by atoms with Gasteiger partial charge in [-0.25, -0.2) is 10.4 Å². The van der Waals surface area contributed by atoms with Gasteiger partial charge in [0.25, 0.3) is 5.91 Å². The maximum atomic E-state index is 14.5. The van der Waals surface area contributed by atoms with Crippen molar-refractivity contribution in [1.29, 1.82) is 0 Å². The van der Waals surface area contributed by atoms with Crippen LogP contribution >= 0.6 is 15.9 Å². The molecule has 0 radical (unpaired) electrons. The molecule has 12 heteroatoms. The number of amides is 1. The van der Waals surface area contributed by atoms with Crippen LogP contribution in [0.5, 0.6) is 11.5 Å².